The van der Waals surface area contributed by atoms with Crippen molar-refractivity contribution >= 4 is 41.0 Å². The molecule has 3 fully saturated rings. The number of carbonyl (C=O) groups is 4. The molecule has 0 bridgehead atoms. The molecule has 3 aliphatic heterocycles. The molecule has 54 heavy (non-hydrogen) atoms. The number of rotatable bonds is 10. The molecule has 1 unspecified atom stereocenters. The lowest BCUT2D eigenvalue weighted by molar-refractivity contribution is -0.164. The third-order valence-electron chi connectivity index (χ3n) is 11.3. The minimum Gasteiger partial charge on any atom is -0.492 e. The van der Waals surface area contributed by atoms with Gasteiger partial charge in [0.25, 0.3) is 11.8 Å². The SMILES string of the molecule is CC1(C)[C@H](NC(=O)c2ccc(N3CCN(CCOc4cccc5c4CN(C4CCC(=O)NC4=O)C5=O)CC3)nc2)C(C)(C)[C@H]1Oc1ccc(C#N)c(Cl)c1. The van der Waals surface area contributed by atoms with E-state index in [0.29, 0.717) is 52.8 Å². The van der Waals surface area contributed by atoms with E-state index in [4.69, 9.17) is 21.1 Å². The molecule has 2 saturated heterocycles. The number of halogens is 1. The molecule has 0 radical (unpaired) electrons. The predicted octanol–water partition coefficient (Wildman–Crippen LogP) is 4.18. The van der Waals surface area contributed by atoms with Gasteiger partial charge in [-0.15, -0.1) is 0 Å². The van der Waals surface area contributed by atoms with Gasteiger partial charge in [-0.05, 0) is 42.8 Å². The fourth-order valence-corrected chi connectivity index (χ4v) is 8.91. The van der Waals surface area contributed by atoms with Gasteiger partial charge in [-0.1, -0.05) is 45.4 Å². The Morgan fingerprint density at radius 3 is 2.48 bits per heavy atom. The first kappa shape index (κ1) is 37.1. The number of nitrogens with zero attached hydrogens (tertiary/aromatic N) is 5. The molecule has 1 atom stereocenters. The van der Waals surface area contributed by atoms with E-state index in [-0.39, 0.29) is 53.7 Å². The molecule has 4 aliphatic rings. The van der Waals surface area contributed by atoms with Crippen LogP contribution in [-0.4, -0.2) is 95.9 Å². The van der Waals surface area contributed by atoms with Gasteiger partial charge in [0.15, 0.2) is 0 Å². The Morgan fingerprint density at radius 2 is 1.81 bits per heavy atom. The highest BCUT2D eigenvalue weighted by Gasteiger charge is 2.64. The van der Waals surface area contributed by atoms with Crippen molar-refractivity contribution in [3.63, 3.8) is 0 Å². The van der Waals surface area contributed by atoms with Crippen molar-refractivity contribution in [2.45, 2.75) is 65.3 Å². The van der Waals surface area contributed by atoms with Crippen LogP contribution in [0.25, 0.3) is 0 Å². The van der Waals surface area contributed by atoms with Crippen LogP contribution in [0.15, 0.2) is 54.7 Å². The Bertz CT molecular complexity index is 2010. The van der Waals surface area contributed by atoms with Crippen molar-refractivity contribution in [1.82, 2.24) is 25.4 Å². The molecule has 4 heterocycles. The number of fused-ring (bicyclic) bond motifs is 1. The fraction of sp³-hybridized carbons (Fsp3) is 0.450. The van der Waals surface area contributed by atoms with Gasteiger partial charge < -0.3 is 24.6 Å². The first-order valence-electron chi connectivity index (χ1n) is 18.3. The van der Waals surface area contributed by atoms with Gasteiger partial charge in [0.05, 0.1) is 22.7 Å². The molecule has 13 nitrogen and oxygen atoms in total. The number of imide groups is 1. The summed E-state index contributed by atoms with van der Waals surface area (Å²) in [5, 5.41) is 15.1. The van der Waals surface area contributed by atoms with Crippen molar-refractivity contribution < 1.29 is 28.7 Å². The van der Waals surface area contributed by atoms with E-state index in [2.05, 4.69) is 59.2 Å². The molecule has 1 saturated carbocycles. The zero-order valence-corrected chi connectivity index (χ0v) is 31.6. The van der Waals surface area contributed by atoms with Gasteiger partial charge in [0.2, 0.25) is 11.8 Å². The van der Waals surface area contributed by atoms with E-state index in [1.807, 2.05) is 18.2 Å². The Hall–Kier alpha value is -5.19. The molecule has 7 rings (SSSR count). The van der Waals surface area contributed by atoms with E-state index in [9.17, 15) is 24.4 Å². The molecule has 0 spiro atoms. The van der Waals surface area contributed by atoms with Crippen molar-refractivity contribution in [3.05, 3.63) is 82.0 Å². The monoisotopic (exact) mass is 753 g/mol. The van der Waals surface area contributed by atoms with Crippen LogP contribution in [0.3, 0.4) is 0 Å². The van der Waals surface area contributed by atoms with Crippen LogP contribution in [0, 0.1) is 22.2 Å². The molecule has 2 N–H and O–H groups in total. The van der Waals surface area contributed by atoms with E-state index >= 15 is 0 Å². The number of nitriles is 1. The molecule has 1 aliphatic carbocycles. The number of nitrogens with one attached hydrogen (secondary N) is 2. The molecule has 282 valence electrons. The maximum absolute atomic E-state index is 13.4. The molecule has 14 heteroatoms. The van der Waals surface area contributed by atoms with Crippen LogP contribution in [-0.2, 0) is 16.1 Å². The first-order chi connectivity index (χ1) is 25.8. The van der Waals surface area contributed by atoms with Gasteiger partial charge in [0, 0.05) is 79.4 Å². The van der Waals surface area contributed by atoms with Crippen LogP contribution < -0.4 is 25.0 Å². The van der Waals surface area contributed by atoms with Gasteiger partial charge in [-0.25, -0.2) is 4.98 Å². The highest BCUT2D eigenvalue weighted by atomic mass is 35.5. The number of hydrogen-bond acceptors (Lipinski definition) is 10. The van der Waals surface area contributed by atoms with Crippen LogP contribution in [0.1, 0.15) is 72.4 Å². The predicted molar refractivity (Wildman–Crippen MR) is 200 cm³/mol. The summed E-state index contributed by atoms with van der Waals surface area (Å²) in [5.74, 6) is 0.869. The van der Waals surface area contributed by atoms with Crippen molar-refractivity contribution in [2.75, 3.05) is 44.2 Å². The number of piperazine rings is 1. The smallest absolute Gasteiger partial charge is 0.255 e. The topological polar surface area (TPSA) is 157 Å². The molecule has 1 aromatic heterocycles. The summed E-state index contributed by atoms with van der Waals surface area (Å²) in [6, 6.07) is 15.4. The quantitative estimate of drug-likeness (QED) is 0.288. The zero-order chi connectivity index (χ0) is 38.4. The van der Waals surface area contributed by atoms with Crippen molar-refractivity contribution in [2.24, 2.45) is 10.8 Å². The van der Waals surface area contributed by atoms with Gasteiger partial charge >= 0.3 is 0 Å². The fourth-order valence-electron chi connectivity index (χ4n) is 8.70. The van der Waals surface area contributed by atoms with Crippen molar-refractivity contribution in [3.8, 4) is 17.6 Å². The lowest BCUT2D eigenvalue weighted by Crippen LogP contribution is -2.74. The Labute approximate surface area is 319 Å². The third kappa shape index (κ3) is 6.96. The highest BCUT2D eigenvalue weighted by molar-refractivity contribution is 6.31. The molecular formula is C40H44ClN7O6. The Balaban J connectivity index is 0.876. The van der Waals surface area contributed by atoms with Gasteiger partial charge in [-0.2, -0.15) is 5.26 Å². The average molecular weight is 754 g/mol. The largest absolute Gasteiger partial charge is 0.492 e. The van der Waals surface area contributed by atoms with Gasteiger partial charge in [0.1, 0.15) is 42.1 Å². The molecule has 2 aromatic carbocycles. The molecule has 3 aromatic rings. The van der Waals surface area contributed by atoms with E-state index in [1.54, 1.807) is 36.5 Å². The second-order valence-corrected chi connectivity index (χ2v) is 16.0. The summed E-state index contributed by atoms with van der Waals surface area (Å²) in [6.07, 6.45) is 1.95. The minimum atomic E-state index is -0.667. The number of piperidine rings is 1. The van der Waals surface area contributed by atoms with Crippen LogP contribution in [0.5, 0.6) is 11.5 Å². The molecule has 4 amide bonds. The number of benzene rings is 2. The first-order valence-corrected chi connectivity index (χ1v) is 18.7. The summed E-state index contributed by atoms with van der Waals surface area (Å²) in [5.41, 5.74) is 1.42. The zero-order valence-electron chi connectivity index (χ0n) is 30.9. The normalized spacial score (nSPS) is 23.2. The third-order valence-corrected chi connectivity index (χ3v) is 11.7. The van der Waals surface area contributed by atoms with Crippen LogP contribution >= 0.6 is 11.6 Å². The van der Waals surface area contributed by atoms with Crippen LogP contribution in [0.4, 0.5) is 5.82 Å². The Kier molecular flexibility index (Phi) is 10.0. The number of aromatic nitrogens is 1. The number of anilines is 1. The summed E-state index contributed by atoms with van der Waals surface area (Å²) in [7, 11) is 0. The number of amides is 4. The number of ether oxygens (including phenoxy) is 2. The summed E-state index contributed by atoms with van der Waals surface area (Å²) >= 11 is 6.23. The maximum atomic E-state index is 13.4. The second-order valence-electron chi connectivity index (χ2n) is 15.6. The lowest BCUT2D eigenvalue weighted by Gasteiger charge is -2.63. The summed E-state index contributed by atoms with van der Waals surface area (Å²) in [6.45, 7) is 12.9. The number of hydrogen-bond donors (Lipinski definition) is 2. The molecular weight excluding hydrogens is 710 g/mol. The standard InChI is InChI=1S/C40H44ClN7O6/c1-39(2)37(40(3,4)38(39)54-26-10-8-24(21-42)29(41)20-26)45-34(50)25-9-12-32(43-22-25)47-16-14-46(15-17-47)18-19-53-31-7-5-6-27-28(31)23-48(36(27)52)30-11-13-33(49)44-35(30)51/h5-10,12,20,22,30,37-38H,11,13-19,23H2,1-4H3,(H,45,50)(H,44,49,51)/t30?,37-,38-. The second kappa shape index (κ2) is 14.6. The maximum Gasteiger partial charge on any atom is 0.255 e. The van der Waals surface area contributed by atoms with Crippen molar-refractivity contribution in [1.29, 1.82) is 5.26 Å². The van der Waals surface area contributed by atoms with E-state index in [1.165, 1.54) is 4.90 Å². The van der Waals surface area contributed by atoms with Crippen LogP contribution in [0.2, 0.25) is 5.02 Å². The number of pyridine rings is 1. The van der Waals surface area contributed by atoms with Gasteiger partial charge in [-0.3, -0.25) is 29.4 Å². The number of carbonyl (C=O) groups excluding carboxylic acids is 4. The summed E-state index contributed by atoms with van der Waals surface area (Å²) < 4.78 is 12.5. The Morgan fingerprint density at radius 1 is 1.06 bits per heavy atom. The average Bonchev–Trinajstić information content (AvgIpc) is 3.49. The lowest BCUT2D eigenvalue weighted by atomic mass is 9.49. The van der Waals surface area contributed by atoms with E-state index in [0.717, 1.165) is 37.6 Å². The highest BCUT2D eigenvalue weighted by Crippen LogP contribution is 2.55. The summed E-state index contributed by atoms with van der Waals surface area (Å²) in [4.78, 5) is 61.3. The van der Waals surface area contributed by atoms with E-state index < -0.39 is 11.9 Å². The minimum absolute atomic E-state index is 0.161.